The highest BCUT2D eigenvalue weighted by atomic mass is 16.6. The predicted octanol–water partition coefficient (Wildman–Crippen LogP) is 2.08. The van der Waals surface area contributed by atoms with Gasteiger partial charge in [0.2, 0.25) is 0 Å². The van der Waals surface area contributed by atoms with Crippen LogP contribution in [-0.4, -0.2) is 24.3 Å². The Balaban J connectivity index is 2.28. The number of fused-ring (bicyclic) bond motifs is 1. The van der Waals surface area contributed by atoms with Gasteiger partial charge in [-0.15, -0.1) is 0 Å². The van der Waals surface area contributed by atoms with Crippen LogP contribution in [0.15, 0.2) is 22.7 Å². The second kappa shape index (κ2) is 4.45. The minimum absolute atomic E-state index is 0.304. The van der Waals surface area contributed by atoms with Crippen molar-refractivity contribution in [3.63, 3.8) is 0 Å². The molecule has 1 heterocycles. The first kappa shape index (κ1) is 11.4. The lowest BCUT2D eigenvalue weighted by molar-refractivity contribution is -0.148. The molecule has 2 rings (SSSR count). The van der Waals surface area contributed by atoms with Crippen molar-refractivity contribution in [2.24, 2.45) is 0 Å². The van der Waals surface area contributed by atoms with Gasteiger partial charge in [0, 0.05) is 0 Å². The zero-order valence-electron chi connectivity index (χ0n) is 9.89. The first-order valence-electron chi connectivity index (χ1n) is 5.22. The third kappa shape index (κ3) is 2.22. The number of nitrogens with zero attached hydrogens (tertiary/aromatic N) is 1. The summed E-state index contributed by atoms with van der Waals surface area (Å²) in [4.78, 5) is 11.2. The van der Waals surface area contributed by atoms with Crippen LogP contribution in [0.2, 0.25) is 0 Å². The number of benzene rings is 1. The van der Waals surface area contributed by atoms with Gasteiger partial charge < -0.3 is 14.0 Å². The maximum Gasteiger partial charge on any atom is 0.346 e. The van der Waals surface area contributed by atoms with Gasteiger partial charge in [0.15, 0.2) is 11.7 Å². The van der Waals surface area contributed by atoms with Crippen molar-refractivity contribution in [2.75, 3.05) is 7.11 Å². The van der Waals surface area contributed by atoms with Crippen molar-refractivity contribution in [1.29, 1.82) is 0 Å². The fraction of sp³-hybridized carbons (Fsp3) is 0.333. The van der Waals surface area contributed by atoms with E-state index in [1.165, 1.54) is 7.11 Å². The fourth-order valence-corrected chi connectivity index (χ4v) is 1.49. The zero-order valence-corrected chi connectivity index (χ0v) is 9.89. The molecule has 0 aliphatic carbocycles. The normalized spacial score (nSPS) is 12.4. The van der Waals surface area contributed by atoms with Crippen LogP contribution in [0.1, 0.15) is 12.5 Å². The Morgan fingerprint density at radius 2 is 2.24 bits per heavy atom. The summed E-state index contributed by atoms with van der Waals surface area (Å²) in [6.07, 6.45) is -0.713. The van der Waals surface area contributed by atoms with Gasteiger partial charge in [-0.2, -0.15) is 0 Å². The number of carbonyl (C=O) groups is 1. The standard InChI is InChI=1S/C12H13NO4/c1-7-4-5-9-10(6-7)17-13-11(9)16-8(2)12(14)15-3/h4-6,8H,1-3H3. The molecule has 17 heavy (non-hydrogen) atoms. The van der Waals surface area contributed by atoms with E-state index in [0.29, 0.717) is 11.5 Å². The van der Waals surface area contributed by atoms with Gasteiger partial charge in [-0.25, -0.2) is 4.79 Å². The molecular weight excluding hydrogens is 222 g/mol. The van der Waals surface area contributed by atoms with Crippen LogP contribution in [0, 0.1) is 6.92 Å². The number of aromatic nitrogens is 1. The van der Waals surface area contributed by atoms with Gasteiger partial charge in [-0.3, -0.25) is 0 Å². The highest BCUT2D eigenvalue weighted by Gasteiger charge is 2.18. The molecule has 90 valence electrons. The summed E-state index contributed by atoms with van der Waals surface area (Å²) in [5.41, 5.74) is 1.71. The van der Waals surface area contributed by atoms with E-state index >= 15 is 0 Å². The molecule has 1 aromatic carbocycles. The number of hydrogen-bond acceptors (Lipinski definition) is 5. The topological polar surface area (TPSA) is 61.6 Å². The predicted molar refractivity (Wildman–Crippen MR) is 60.9 cm³/mol. The van der Waals surface area contributed by atoms with Crippen LogP contribution in [-0.2, 0) is 9.53 Å². The minimum Gasteiger partial charge on any atom is -0.466 e. The van der Waals surface area contributed by atoms with Crippen LogP contribution in [0.5, 0.6) is 5.88 Å². The van der Waals surface area contributed by atoms with Crippen LogP contribution >= 0.6 is 0 Å². The molecule has 5 nitrogen and oxygen atoms in total. The molecule has 2 aromatic rings. The summed E-state index contributed by atoms with van der Waals surface area (Å²) < 4.78 is 15.1. The largest absolute Gasteiger partial charge is 0.466 e. The molecule has 0 aliphatic rings. The molecular formula is C12H13NO4. The van der Waals surface area contributed by atoms with Crippen molar-refractivity contribution in [1.82, 2.24) is 5.16 Å². The van der Waals surface area contributed by atoms with Gasteiger partial charge in [-0.1, -0.05) is 6.07 Å². The molecule has 1 unspecified atom stereocenters. The molecule has 0 N–H and O–H groups in total. The molecule has 0 aliphatic heterocycles. The average molecular weight is 235 g/mol. The van der Waals surface area contributed by atoms with E-state index in [9.17, 15) is 4.79 Å². The van der Waals surface area contributed by atoms with E-state index in [0.717, 1.165) is 10.9 Å². The number of aryl methyl sites for hydroxylation is 1. The van der Waals surface area contributed by atoms with Gasteiger partial charge in [0.25, 0.3) is 5.88 Å². The minimum atomic E-state index is -0.713. The Bertz CT molecular complexity index is 546. The molecule has 1 atom stereocenters. The van der Waals surface area contributed by atoms with Crippen molar-refractivity contribution in [3.8, 4) is 5.88 Å². The number of esters is 1. The molecule has 0 spiro atoms. The SMILES string of the molecule is COC(=O)C(C)Oc1noc2cc(C)ccc12. The maximum atomic E-state index is 11.2. The smallest absolute Gasteiger partial charge is 0.346 e. The van der Waals surface area contributed by atoms with E-state index in [1.807, 2.05) is 25.1 Å². The molecule has 1 aromatic heterocycles. The second-order valence-corrected chi connectivity index (χ2v) is 3.77. The first-order valence-corrected chi connectivity index (χ1v) is 5.22. The number of carbonyl (C=O) groups excluding carboxylic acids is 1. The molecule has 0 saturated heterocycles. The lowest BCUT2D eigenvalue weighted by atomic mass is 10.2. The highest BCUT2D eigenvalue weighted by Crippen LogP contribution is 2.26. The Kier molecular flexibility index (Phi) is 2.99. The van der Waals surface area contributed by atoms with Gasteiger partial charge in [0.1, 0.15) is 0 Å². The number of ether oxygens (including phenoxy) is 2. The quantitative estimate of drug-likeness (QED) is 0.762. The average Bonchev–Trinajstić information content (AvgIpc) is 2.70. The Labute approximate surface area is 98.3 Å². The number of rotatable bonds is 3. The Hall–Kier alpha value is -2.04. The van der Waals surface area contributed by atoms with Crippen molar-refractivity contribution in [3.05, 3.63) is 23.8 Å². The third-order valence-corrected chi connectivity index (χ3v) is 2.42. The monoisotopic (exact) mass is 235 g/mol. The maximum absolute atomic E-state index is 11.2. The van der Waals surface area contributed by atoms with Gasteiger partial charge in [-0.05, 0) is 36.7 Å². The summed E-state index contributed by atoms with van der Waals surface area (Å²) in [6, 6.07) is 5.63. The highest BCUT2D eigenvalue weighted by molar-refractivity contribution is 5.83. The van der Waals surface area contributed by atoms with Gasteiger partial charge >= 0.3 is 5.97 Å². The van der Waals surface area contributed by atoms with Crippen molar-refractivity contribution >= 4 is 16.9 Å². The lowest BCUT2D eigenvalue weighted by Gasteiger charge is -2.09. The summed E-state index contributed by atoms with van der Waals surface area (Å²) in [5, 5.41) is 4.53. The molecule has 0 fully saturated rings. The number of hydrogen-bond donors (Lipinski definition) is 0. The van der Waals surface area contributed by atoms with Crippen LogP contribution in [0.4, 0.5) is 0 Å². The van der Waals surface area contributed by atoms with E-state index in [4.69, 9.17) is 9.26 Å². The number of methoxy groups -OCH3 is 1. The Morgan fingerprint density at radius 1 is 1.47 bits per heavy atom. The summed E-state index contributed by atoms with van der Waals surface area (Å²) in [5.74, 6) is -0.147. The van der Waals surface area contributed by atoms with E-state index in [2.05, 4.69) is 9.89 Å². The first-order chi connectivity index (χ1) is 8.11. The van der Waals surface area contributed by atoms with Gasteiger partial charge in [0.05, 0.1) is 12.5 Å². The zero-order chi connectivity index (χ0) is 12.4. The molecule has 0 radical (unpaired) electrons. The summed E-state index contributed by atoms with van der Waals surface area (Å²) >= 11 is 0. The lowest BCUT2D eigenvalue weighted by Crippen LogP contribution is -2.25. The van der Waals surface area contributed by atoms with Crippen LogP contribution in [0.25, 0.3) is 11.0 Å². The molecule has 0 amide bonds. The molecule has 5 heteroatoms. The fourth-order valence-electron chi connectivity index (χ4n) is 1.49. The van der Waals surface area contributed by atoms with Crippen molar-refractivity contribution in [2.45, 2.75) is 20.0 Å². The Morgan fingerprint density at radius 3 is 2.94 bits per heavy atom. The van der Waals surface area contributed by atoms with Crippen molar-refractivity contribution < 1.29 is 18.8 Å². The van der Waals surface area contributed by atoms with Crippen LogP contribution < -0.4 is 4.74 Å². The van der Waals surface area contributed by atoms with Crippen LogP contribution in [0.3, 0.4) is 0 Å². The molecule has 0 bridgehead atoms. The van der Waals surface area contributed by atoms with E-state index in [1.54, 1.807) is 6.92 Å². The summed E-state index contributed by atoms with van der Waals surface area (Å²) in [7, 11) is 1.31. The van der Waals surface area contributed by atoms with E-state index in [-0.39, 0.29) is 0 Å². The van der Waals surface area contributed by atoms with E-state index < -0.39 is 12.1 Å². The summed E-state index contributed by atoms with van der Waals surface area (Å²) in [6.45, 7) is 3.56. The third-order valence-electron chi connectivity index (χ3n) is 2.42. The molecule has 0 saturated carbocycles. The second-order valence-electron chi connectivity index (χ2n) is 3.77.